The molecule has 4 heteroatoms. The van der Waals surface area contributed by atoms with Gasteiger partial charge in [-0.25, -0.2) is 0 Å². The van der Waals surface area contributed by atoms with Crippen molar-refractivity contribution in [1.29, 1.82) is 0 Å². The van der Waals surface area contributed by atoms with Gasteiger partial charge in [0.2, 0.25) is 0 Å². The van der Waals surface area contributed by atoms with Gasteiger partial charge in [0.25, 0.3) is 5.69 Å². The highest BCUT2D eigenvalue weighted by molar-refractivity contribution is 5.40. The molecule has 2 aromatic carbocycles. The summed E-state index contributed by atoms with van der Waals surface area (Å²) in [5.74, 6) is 6.44. The summed E-state index contributed by atoms with van der Waals surface area (Å²) in [6.45, 7) is 1.99. The van der Waals surface area contributed by atoms with E-state index in [4.69, 9.17) is 10.6 Å². The highest BCUT2D eigenvalue weighted by atomic mass is 16.5. The van der Waals surface area contributed by atoms with Crippen LogP contribution >= 0.6 is 0 Å². The van der Waals surface area contributed by atoms with Crippen LogP contribution in [0.25, 0.3) is 0 Å². The first-order valence-electron chi connectivity index (χ1n) is 5.22. The van der Waals surface area contributed by atoms with E-state index in [1.807, 2.05) is 31.2 Å². The van der Waals surface area contributed by atoms with Crippen molar-refractivity contribution in [2.45, 2.75) is 6.92 Å². The first-order valence-corrected chi connectivity index (χ1v) is 5.22. The van der Waals surface area contributed by atoms with Crippen LogP contribution < -0.4 is 10.6 Å². The van der Waals surface area contributed by atoms with Gasteiger partial charge < -0.3 is 4.74 Å². The molecule has 0 atom stereocenters. The second kappa shape index (κ2) is 4.65. The number of hydrogen-bond acceptors (Lipinski definition) is 2. The summed E-state index contributed by atoms with van der Waals surface area (Å²) in [4.78, 5) is 11.3. The van der Waals surface area contributed by atoms with Crippen LogP contribution in [0.15, 0.2) is 48.5 Å². The minimum Gasteiger partial charge on any atom is -0.457 e. The molecule has 0 fully saturated rings. The Labute approximate surface area is 99.2 Å². The molecule has 0 aliphatic heterocycles. The molecule has 0 aliphatic rings. The summed E-state index contributed by atoms with van der Waals surface area (Å²) in [5.41, 5.74) is 1.47. The summed E-state index contributed by atoms with van der Waals surface area (Å²) >= 11 is 0. The van der Waals surface area contributed by atoms with E-state index >= 15 is 0 Å². The van der Waals surface area contributed by atoms with Gasteiger partial charge in [-0.2, -0.15) is 5.84 Å². The van der Waals surface area contributed by atoms with Gasteiger partial charge in [-0.15, -0.1) is 0 Å². The third-order valence-electron chi connectivity index (χ3n) is 2.30. The average molecular weight is 229 g/mol. The van der Waals surface area contributed by atoms with Gasteiger partial charge in [-0.05, 0) is 30.7 Å². The van der Waals surface area contributed by atoms with Crippen LogP contribution in [0.5, 0.6) is 11.5 Å². The molecule has 0 spiro atoms. The van der Waals surface area contributed by atoms with Gasteiger partial charge in [-0.1, -0.05) is 18.2 Å². The Morgan fingerprint density at radius 3 is 2.35 bits per heavy atom. The molecular weight excluding hydrogens is 216 g/mol. The maximum Gasteiger partial charge on any atom is 0.295 e. The van der Waals surface area contributed by atoms with E-state index in [0.717, 1.165) is 11.3 Å². The van der Waals surface area contributed by atoms with E-state index in [1.54, 1.807) is 24.3 Å². The second-order valence-electron chi connectivity index (χ2n) is 3.74. The van der Waals surface area contributed by atoms with Crippen molar-refractivity contribution in [2.24, 2.45) is 5.84 Å². The maximum absolute atomic E-state index is 10.9. The van der Waals surface area contributed by atoms with Crippen molar-refractivity contribution in [2.75, 3.05) is 0 Å². The zero-order valence-corrected chi connectivity index (χ0v) is 9.46. The lowest BCUT2D eigenvalue weighted by Gasteiger charge is -2.05. The minimum absolute atomic E-state index is 0.309. The van der Waals surface area contributed by atoms with E-state index in [-0.39, 0.29) is 0 Å². The third-order valence-corrected chi connectivity index (χ3v) is 2.30. The second-order valence-corrected chi connectivity index (χ2v) is 3.74. The van der Waals surface area contributed by atoms with E-state index in [1.165, 1.54) is 0 Å². The van der Waals surface area contributed by atoms with E-state index < -0.39 is 0 Å². The fourth-order valence-electron chi connectivity index (χ4n) is 1.50. The summed E-state index contributed by atoms with van der Waals surface area (Å²) in [6.07, 6.45) is 0. The zero-order valence-electron chi connectivity index (χ0n) is 9.46. The summed E-state index contributed by atoms with van der Waals surface area (Å²) in [5, 5.41) is 0. The summed E-state index contributed by atoms with van der Waals surface area (Å²) in [6, 6.07) is 14.4. The van der Waals surface area contributed by atoms with Crippen molar-refractivity contribution in [3.8, 4) is 11.5 Å². The number of nitrogens with two attached hydrogens (primary N) is 1. The number of nitroso groups, excluding NO2 is 1. The smallest absolute Gasteiger partial charge is 0.295 e. The van der Waals surface area contributed by atoms with E-state index in [2.05, 4.69) is 0 Å². The molecule has 4 nitrogen and oxygen atoms in total. The number of nitrogens with zero attached hydrogens (tertiary/aromatic N) is 1. The largest absolute Gasteiger partial charge is 0.457 e. The Morgan fingerprint density at radius 1 is 1.06 bits per heavy atom. The third kappa shape index (κ3) is 2.81. The molecule has 0 saturated carbocycles. The van der Waals surface area contributed by atoms with Crippen molar-refractivity contribution >= 4 is 5.69 Å². The number of benzene rings is 2. The Bertz CT molecular complexity index is 553. The first kappa shape index (κ1) is 11.1. The summed E-state index contributed by atoms with van der Waals surface area (Å²) in [7, 11) is 0. The topological polar surface area (TPSA) is 55.3 Å². The van der Waals surface area contributed by atoms with Crippen molar-refractivity contribution in [3.05, 3.63) is 59.0 Å². The lowest BCUT2D eigenvalue weighted by atomic mass is 10.2. The Kier molecular flexibility index (Phi) is 3.05. The molecule has 86 valence electrons. The van der Waals surface area contributed by atoms with Crippen LogP contribution in [0.1, 0.15) is 5.56 Å². The van der Waals surface area contributed by atoms with Gasteiger partial charge in [0.1, 0.15) is 11.5 Å². The maximum atomic E-state index is 10.9. The minimum atomic E-state index is 0.309. The molecule has 17 heavy (non-hydrogen) atoms. The quantitative estimate of drug-likeness (QED) is 0.500. The lowest BCUT2D eigenvalue weighted by Crippen LogP contribution is -2.08. The van der Waals surface area contributed by atoms with Crippen LogP contribution in [0.2, 0.25) is 0 Å². The number of aryl methyl sites for hydroxylation is 1. The SMILES string of the molecule is Cc1cccc(Oc2cccc([N+](N)=O)c2)c1. The first-order chi connectivity index (χ1) is 8.15. The molecular formula is C13H13N2O2+. The predicted octanol–water partition coefficient (Wildman–Crippen LogP) is 3.07. The molecule has 2 aromatic rings. The van der Waals surface area contributed by atoms with Crippen LogP contribution in [0.3, 0.4) is 0 Å². The fraction of sp³-hybridized carbons (Fsp3) is 0.0769. The van der Waals surface area contributed by atoms with E-state index in [9.17, 15) is 4.91 Å². The number of ether oxygens (including phenoxy) is 1. The standard InChI is InChI=1S/C13H13N2O2/c1-10-4-2-6-12(8-10)17-13-7-3-5-11(9-13)15(14)16/h2-9H,1H3,(H2,14,16)/q+1. The molecule has 0 aliphatic carbocycles. The van der Waals surface area contributed by atoms with Crippen LogP contribution in [0.4, 0.5) is 5.69 Å². The summed E-state index contributed by atoms with van der Waals surface area (Å²) < 4.78 is 5.63. The Balaban J connectivity index is 2.24. The number of hydrazine groups is 1. The van der Waals surface area contributed by atoms with Gasteiger partial charge in [0.15, 0.2) is 4.87 Å². The van der Waals surface area contributed by atoms with Crippen molar-refractivity contribution < 1.29 is 9.61 Å². The highest BCUT2D eigenvalue weighted by Gasteiger charge is 2.09. The molecule has 0 amide bonds. The number of rotatable bonds is 3. The van der Waals surface area contributed by atoms with Gasteiger partial charge >= 0.3 is 0 Å². The molecule has 0 bridgehead atoms. The van der Waals surface area contributed by atoms with Crippen LogP contribution in [0, 0.1) is 11.8 Å². The highest BCUT2D eigenvalue weighted by Crippen LogP contribution is 2.24. The number of hydrogen-bond donors (Lipinski definition) is 1. The van der Waals surface area contributed by atoms with Crippen LogP contribution in [-0.4, -0.2) is 4.87 Å². The predicted molar refractivity (Wildman–Crippen MR) is 65.2 cm³/mol. The molecule has 0 aromatic heterocycles. The zero-order chi connectivity index (χ0) is 12.3. The van der Waals surface area contributed by atoms with Crippen molar-refractivity contribution in [3.63, 3.8) is 0 Å². The monoisotopic (exact) mass is 229 g/mol. The molecule has 0 heterocycles. The normalized spacial score (nSPS) is 9.94. The van der Waals surface area contributed by atoms with Gasteiger partial charge in [0.05, 0.1) is 11.0 Å². The Hall–Kier alpha value is -2.36. The van der Waals surface area contributed by atoms with Crippen LogP contribution in [-0.2, 0) is 0 Å². The lowest BCUT2D eigenvalue weighted by molar-refractivity contribution is -0.474. The van der Waals surface area contributed by atoms with Crippen molar-refractivity contribution in [1.82, 2.24) is 0 Å². The average Bonchev–Trinajstić information content (AvgIpc) is 2.29. The molecule has 0 unspecified atom stereocenters. The fourth-order valence-corrected chi connectivity index (χ4v) is 1.50. The van der Waals surface area contributed by atoms with Gasteiger partial charge in [0, 0.05) is 6.07 Å². The molecule has 0 saturated heterocycles. The molecule has 2 N–H and O–H groups in total. The molecule has 2 rings (SSSR count). The van der Waals surface area contributed by atoms with E-state index in [0.29, 0.717) is 16.3 Å². The Morgan fingerprint density at radius 2 is 1.71 bits per heavy atom. The van der Waals surface area contributed by atoms with Gasteiger partial charge in [-0.3, -0.25) is 0 Å². The molecule has 0 radical (unpaired) electrons.